The maximum Gasteiger partial charge on any atom is 0.317 e. The molecule has 0 heterocycles. The maximum atomic E-state index is 13.8. The van der Waals surface area contributed by atoms with E-state index in [1.807, 2.05) is 19.1 Å². The lowest BCUT2D eigenvalue weighted by Gasteiger charge is -2.28. The largest absolute Gasteiger partial charge is 0.493 e. The Morgan fingerprint density at radius 1 is 1.03 bits per heavy atom. The first kappa shape index (κ1) is 23.6. The molecule has 0 bridgehead atoms. The van der Waals surface area contributed by atoms with Gasteiger partial charge < -0.3 is 19.1 Å². The number of methoxy groups -OCH3 is 2. The third kappa shape index (κ3) is 5.03. The van der Waals surface area contributed by atoms with Crippen molar-refractivity contribution >= 4 is 11.9 Å². The van der Waals surface area contributed by atoms with Crippen LogP contribution < -0.4 is 9.47 Å². The lowest BCUT2D eigenvalue weighted by Crippen LogP contribution is -2.39. The molecule has 172 valence electrons. The number of carbonyl (C=O) groups is 2. The highest BCUT2D eigenvalue weighted by atomic mass is 19.1. The van der Waals surface area contributed by atoms with Crippen molar-refractivity contribution in [3.05, 3.63) is 59.4 Å². The molecule has 1 amide bonds. The molecule has 2 aromatic carbocycles. The van der Waals surface area contributed by atoms with Crippen molar-refractivity contribution in [3.63, 3.8) is 0 Å². The van der Waals surface area contributed by atoms with E-state index in [9.17, 15) is 14.0 Å². The average molecular weight is 444 g/mol. The number of hydrogen-bond acceptors (Lipinski definition) is 5. The monoisotopic (exact) mass is 443 g/mol. The topological polar surface area (TPSA) is 65.1 Å². The Morgan fingerprint density at radius 2 is 1.75 bits per heavy atom. The highest BCUT2D eigenvalue weighted by Crippen LogP contribution is 2.42. The Balaban J connectivity index is 1.67. The van der Waals surface area contributed by atoms with E-state index in [4.69, 9.17) is 14.2 Å². The van der Waals surface area contributed by atoms with E-state index >= 15 is 0 Å². The summed E-state index contributed by atoms with van der Waals surface area (Å²) >= 11 is 0. The van der Waals surface area contributed by atoms with Crippen LogP contribution in [0.4, 0.5) is 4.39 Å². The number of ether oxygens (including phenoxy) is 3. The van der Waals surface area contributed by atoms with Crippen LogP contribution in [0.25, 0.3) is 0 Å². The molecule has 0 aliphatic heterocycles. The fourth-order valence-electron chi connectivity index (χ4n) is 4.31. The van der Waals surface area contributed by atoms with Crippen molar-refractivity contribution in [1.29, 1.82) is 0 Å². The molecule has 2 aromatic rings. The van der Waals surface area contributed by atoms with Crippen LogP contribution in [0.3, 0.4) is 0 Å². The number of rotatable bonds is 9. The molecule has 1 aliphatic rings. The lowest BCUT2D eigenvalue weighted by atomic mass is 9.79. The molecule has 0 unspecified atom stereocenters. The van der Waals surface area contributed by atoms with E-state index in [0.717, 1.165) is 18.4 Å². The number of benzene rings is 2. The summed E-state index contributed by atoms with van der Waals surface area (Å²) in [5.41, 5.74) is 0.601. The fraction of sp³-hybridized carbons (Fsp3) is 0.440. The smallest absolute Gasteiger partial charge is 0.317 e. The normalized spacial score (nSPS) is 14.6. The summed E-state index contributed by atoms with van der Waals surface area (Å²) in [6, 6.07) is 11.6. The van der Waals surface area contributed by atoms with Gasteiger partial charge in [0.05, 0.1) is 19.6 Å². The van der Waals surface area contributed by atoms with Crippen molar-refractivity contribution in [2.24, 2.45) is 0 Å². The molecular weight excluding hydrogens is 413 g/mol. The minimum absolute atomic E-state index is 0.289. The molecule has 3 rings (SSSR count). The van der Waals surface area contributed by atoms with Crippen molar-refractivity contribution in [3.8, 4) is 11.5 Å². The fourth-order valence-corrected chi connectivity index (χ4v) is 4.31. The van der Waals surface area contributed by atoms with Gasteiger partial charge in [0.2, 0.25) is 0 Å². The quantitative estimate of drug-likeness (QED) is 0.542. The van der Waals surface area contributed by atoms with Crippen molar-refractivity contribution in [1.82, 2.24) is 4.90 Å². The van der Waals surface area contributed by atoms with E-state index in [1.54, 1.807) is 37.3 Å². The molecule has 1 saturated carbocycles. The molecule has 0 saturated heterocycles. The van der Waals surface area contributed by atoms with E-state index < -0.39 is 11.4 Å². The minimum Gasteiger partial charge on any atom is -0.493 e. The van der Waals surface area contributed by atoms with Crippen LogP contribution >= 0.6 is 0 Å². The summed E-state index contributed by atoms with van der Waals surface area (Å²) in [6.07, 6.45) is 2.90. The van der Waals surface area contributed by atoms with Gasteiger partial charge in [0.25, 0.3) is 5.91 Å². The van der Waals surface area contributed by atoms with Crippen molar-refractivity contribution in [2.45, 2.75) is 44.6 Å². The zero-order valence-corrected chi connectivity index (χ0v) is 18.9. The number of nitrogens with zero attached hydrogens (tertiary/aromatic N) is 1. The molecule has 0 aromatic heterocycles. The summed E-state index contributed by atoms with van der Waals surface area (Å²) in [5.74, 6) is 0.0563. The average Bonchev–Trinajstić information content (AvgIpc) is 3.32. The second kappa shape index (κ2) is 10.5. The first-order valence-corrected chi connectivity index (χ1v) is 10.9. The van der Waals surface area contributed by atoms with Crippen LogP contribution in [-0.2, 0) is 26.3 Å². The number of hydrogen-bond donors (Lipinski definition) is 0. The molecule has 0 N–H and O–H groups in total. The molecule has 6 nitrogen and oxygen atoms in total. The highest BCUT2D eigenvalue weighted by Gasteiger charge is 2.44. The van der Waals surface area contributed by atoms with Crippen LogP contribution in [0.1, 0.15) is 43.7 Å². The van der Waals surface area contributed by atoms with E-state index in [1.165, 1.54) is 12.1 Å². The second-order valence-corrected chi connectivity index (χ2v) is 7.97. The standard InChI is InChI=1S/C25H30FNO5/c1-4-27(16-18-10-11-21(30-2)22(14-18)31-3)23(28)17-32-24(29)25(12-5-6-13-25)19-8-7-9-20(26)15-19/h7-11,14-15H,4-6,12-13,16-17H2,1-3H3. The van der Waals surface area contributed by atoms with Gasteiger partial charge in [-0.15, -0.1) is 0 Å². The lowest BCUT2D eigenvalue weighted by molar-refractivity contribution is -0.157. The Kier molecular flexibility index (Phi) is 7.72. The highest BCUT2D eigenvalue weighted by molar-refractivity contribution is 5.86. The zero-order chi connectivity index (χ0) is 23.1. The summed E-state index contributed by atoms with van der Waals surface area (Å²) in [6.45, 7) is 2.32. The number of amides is 1. The molecule has 0 spiro atoms. The molecule has 1 aliphatic carbocycles. The summed E-state index contributed by atoms with van der Waals surface area (Å²) in [7, 11) is 3.12. The maximum absolute atomic E-state index is 13.8. The Morgan fingerprint density at radius 3 is 2.38 bits per heavy atom. The Labute approximate surface area is 188 Å². The molecular formula is C25H30FNO5. The molecule has 0 radical (unpaired) electrons. The van der Waals surface area contributed by atoms with E-state index in [0.29, 0.717) is 43.0 Å². The number of halogens is 1. The minimum atomic E-state index is -0.886. The van der Waals surface area contributed by atoms with Gasteiger partial charge in [-0.05, 0) is 55.2 Å². The molecule has 1 fully saturated rings. The van der Waals surface area contributed by atoms with E-state index in [-0.39, 0.29) is 18.3 Å². The van der Waals surface area contributed by atoms with Crippen LogP contribution in [-0.4, -0.2) is 44.1 Å². The van der Waals surface area contributed by atoms with Crippen molar-refractivity contribution in [2.75, 3.05) is 27.4 Å². The third-order valence-corrected chi connectivity index (χ3v) is 6.11. The van der Waals surface area contributed by atoms with Gasteiger partial charge >= 0.3 is 5.97 Å². The van der Waals surface area contributed by atoms with Gasteiger partial charge in [-0.2, -0.15) is 0 Å². The summed E-state index contributed by atoms with van der Waals surface area (Å²) in [4.78, 5) is 27.5. The van der Waals surface area contributed by atoms with Crippen molar-refractivity contribution < 1.29 is 28.2 Å². The Bertz CT molecular complexity index is 955. The number of likely N-dealkylation sites (N-methyl/N-ethyl adjacent to an activating group) is 1. The van der Waals surface area contributed by atoms with Crippen LogP contribution in [0.15, 0.2) is 42.5 Å². The van der Waals surface area contributed by atoms with Gasteiger partial charge in [0.15, 0.2) is 18.1 Å². The van der Waals surface area contributed by atoms with Crippen LogP contribution in [0.5, 0.6) is 11.5 Å². The summed E-state index contributed by atoms with van der Waals surface area (Å²) in [5, 5.41) is 0. The first-order chi connectivity index (χ1) is 15.4. The van der Waals surface area contributed by atoms with Gasteiger partial charge in [-0.3, -0.25) is 9.59 Å². The van der Waals surface area contributed by atoms with Gasteiger partial charge in [-0.25, -0.2) is 4.39 Å². The number of carbonyl (C=O) groups excluding carboxylic acids is 2. The van der Waals surface area contributed by atoms with Gasteiger partial charge in [0, 0.05) is 13.1 Å². The third-order valence-electron chi connectivity index (χ3n) is 6.11. The predicted octanol–water partition coefficient (Wildman–Crippen LogP) is 4.25. The molecule has 32 heavy (non-hydrogen) atoms. The van der Waals surface area contributed by atoms with Gasteiger partial charge in [-0.1, -0.05) is 31.0 Å². The molecule has 0 atom stereocenters. The number of esters is 1. The zero-order valence-electron chi connectivity index (χ0n) is 18.9. The van der Waals surface area contributed by atoms with Crippen LogP contribution in [0.2, 0.25) is 0 Å². The summed E-state index contributed by atoms with van der Waals surface area (Å²) < 4.78 is 29.9. The second-order valence-electron chi connectivity index (χ2n) is 7.97. The van der Waals surface area contributed by atoms with Gasteiger partial charge in [0.1, 0.15) is 5.82 Å². The van der Waals surface area contributed by atoms with E-state index in [2.05, 4.69) is 0 Å². The van der Waals surface area contributed by atoms with Crippen LogP contribution in [0, 0.1) is 5.82 Å². The predicted molar refractivity (Wildman–Crippen MR) is 118 cm³/mol. The Hall–Kier alpha value is -3.09. The molecule has 7 heteroatoms. The first-order valence-electron chi connectivity index (χ1n) is 10.9. The SMILES string of the molecule is CCN(Cc1ccc(OC)c(OC)c1)C(=O)COC(=O)C1(c2cccc(F)c2)CCCC1.